The Morgan fingerprint density at radius 1 is 0.370 bits per heavy atom. The summed E-state index contributed by atoms with van der Waals surface area (Å²) in [6.45, 7) is 10.3. The second-order valence-corrected chi connectivity index (χ2v) is 9.11. The summed E-state index contributed by atoms with van der Waals surface area (Å²) in [4.78, 5) is 0. The molecule has 0 spiro atoms. The third kappa shape index (κ3) is 24.0. The number of hydrogen-bond acceptors (Lipinski definition) is 0. The van der Waals surface area contributed by atoms with E-state index >= 15 is 0 Å². The molecule has 162 valence electrons. The molecule has 0 amide bonds. The Morgan fingerprint density at radius 2 is 0.593 bits per heavy atom. The van der Waals surface area contributed by atoms with Gasteiger partial charge in [0.05, 0.1) is 0 Å². The van der Waals surface area contributed by atoms with Crippen LogP contribution in [-0.2, 0) is 0 Å². The van der Waals surface area contributed by atoms with Crippen molar-refractivity contribution in [1.29, 1.82) is 0 Å². The third-order valence-electron chi connectivity index (χ3n) is 6.14. The summed E-state index contributed by atoms with van der Waals surface area (Å²) in [5, 5.41) is 0. The molecule has 27 heavy (non-hydrogen) atoms. The highest BCUT2D eigenvalue weighted by atomic mass is 14.1. The quantitative estimate of drug-likeness (QED) is 0.155. The van der Waals surface area contributed by atoms with Crippen LogP contribution in [0.2, 0.25) is 0 Å². The average molecular weight is 379 g/mol. The van der Waals surface area contributed by atoms with E-state index in [0.29, 0.717) is 0 Å². The number of rotatable bonds is 23. The topological polar surface area (TPSA) is 0 Å². The van der Waals surface area contributed by atoms with Crippen molar-refractivity contribution in [3.63, 3.8) is 0 Å². The second-order valence-electron chi connectivity index (χ2n) is 9.11. The van der Waals surface area contributed by atoms with Crippen molar-refractivity contribution in [2.75, 3.05) is 0 Å². The van der Waals surface area contributed by atoms with Crippen LogP contribution in [0.15, 0.2) is 0 Å². The van der Waals surface area contributed by atoms with Gasteiger partial charge in [0.1, 0.15) is 0 Å². The van der Waals surface area contributed by atoms with Gasteiger partial charge in [-0.25, -0.2) is 0 Å². The van der Waals surface area contributed by atoms with Gasteiger partial charge in [0.2, 0.25) is 0 Å². The molecule has 0 aromatic heterocycles. The highest BCUT2D eigenvalue weighted by Gasteiger charge is 2.02. The molecule has 0 bridgehead atoms. The Morgan fingerprint density at radius 3 is 0.852 bits per heavy atom. The van der Waals surface area contributed by atoms with Crippen LogP contribution in [-0.4, -0.2) is 0 Å². The zero-order valence-electron chi connectivity index (χ0n) is 19.3. The van der Waals surface area contributed by atoms with Crippen LogP contribution in [0.3, 0.4) is 0 Å². The predicted octanol–water partition coefficient (Wildman–Crippen LogP) is 10.3. The summed E-state index contributed by atoms with van der Waals surface area (Å²) in [5.74, 6) is 0.955. The molecule has 0 aliphatic carbocycles. The van der Waals surface area contributed by atoms with Crippen molar-refractivity contribution < 1.29 is 0 Å². The molecule has 1 unspecified atom stereocenters. The van der Waals surface area contributed by atoms with E-state index in [2.05, 4.69) is 20.8 Å². The van der Waals surface area contributed by atoms with Gasteiger partial charge in [0, 0.05) is 0 Å². The first-order valence-corrected chi connectivity index (χ1v) is 12.9. The van der Waals surface area contributed by atoms with Gasteiger partial charge in [-0.1, -0.05) is 168 Å². The Labute approximate surface area is 174 Å². The summed E-state index contributed by atoms with van der Waals surface area (Å²) in [6, 6.07) is 0. The summed E-state index contributed by atoms with van der Waals surface area (Å²) < 4.78 is 0. The monoisotopic (exact) mass is 378 g/mol. The third-order valence-corrected chi connectivity index (χ3v) is 6.14. The van der Waals surface area contributed by atoms with Crippen molar-refractivity contribution in [1.82, 2.24) is 0 Å². The maximum atomic E-state index is 3.92. The first kappa shape index (κ1) is 27.0. The highest BCUT2D eigenvalue weighted by molar-refractivity contribution is 4.56. The van der Waals surface area contributed by atoms with Gasteiger partial charge in [-0.05, 0) is 5.92 Å². The maximum Gasteiger partial charge on any atom is -0.0443 e. The van der Waals surface area contributed by atoms with Gasteiger partial charge in [0.15, 0.2) is 0 Å². The van der Waals surface area contributed by atoms with E-state index in [1.165, 1.54) is 135 Å². The minimum atomic E-state index is 0.955. The minimum absolute atomic E-state index is 0.955. The molecule has 0 aliphatic heterocycles. The van der Waals surface area contributed by atoms with Gasteiger partial charge < -0.3 is 0 Å². The Hall–Kier alpha value is 0. The summed E-state index contributed by atoms with van der Waals surface area (Å²) in [5.41, 5.74) is 0. The summed E-state index contributed by atoms with van der Waals surface area (Å²) in [7, 11) is 0. The fraction of sp³-hybridized carbons (Fsp3) is 0.926. The molecule has 0 saturated heterocycles. The molecule has 1 atom stereocenters. The highest BCUT2D eigenvalue weighted by Crippen LogP contribution is 2.19. The molecule has 0 heteroatoms. The van der Waals surface area contributed by atoms with Crippen molar-refractivity contribution in [2.24, 2.45) is 5.92 Å². The molecule has 0 rings (SSSR count). The van der Waals surface area contributed by atoms with E-state index in [1.807, 2.05) is 0 Å². The molecule has 2 radical (unpaired) electrons. The van der Waals surface area contributed by atoms with Crippen LogP contribution in [0.25, 0.3) is 0 Å². The van der Waals surface area contributed by atoms with Crippen LogP contribution >= 0.6 is 0 Å². The van der Waals surface area contributed by atoms with Crippen LogP contribution in [0, 0.1) is 19.8 Å². The van der Waals surface area contributed by atoms with Gasteiger partial charge in [0.25, 0.3) is 0 Å². The largest absolute Gasteiger partial charge is 0.0625 e. The van der Waals surface area contributed by atoms with Gasteiger partial charge in [-0.15, -0.1) is 0 Å². The second kappa shape index (κ2) is 24.0. The van der Waals surface area contributed by atoms with Crippen molar-refractivity contribution in [3.8, 4) is 0 Å². The Bertz CT molecular complexity index is 244. The molecule has 0 aromatic carbocycles. The first-order valence-electron chi connectivity index (χ1n) is 12.9. The lowest BCUT2D eigenvalue weighted by Gasteiger charge is -2.11. The smallest absolute Gasteiger partial charge is 0.0443 e. The molecule has 0 aliphatic rings. The molecular weight excluding hydrogens is 324 g/mol. The standard InChI is InChI=1S/C27H54/c1-4-6-8-10-12-13-14-15-16-17-18-19-20-22-24-26-27(3)25-23-21-11-9-7-5-2/h27H,1-2,4-26H2,3H3. The molecular formula is C27H54. The molecule has 0 fully saturated rings. The van der Waals surface area contributed by atoms with Crippen LogP contribution in [0.4, 0.5) is 0 Å². The van der Waals surface area contributed by atoms with E-state index in [4.69, 9.17) is 0 Å². The predicted molar refractivity (Wildman–Crippen MR) is 126 cm³/mol. The van der Waals surface area contributed by atoms with Gasteiger partial charge >= 0.3 is 0 Å². The van der Waals surface area contributed by atoms with E-state index in [0.717, 1.165) is 18.8 Å². The fourth-order valence-corrected chi connectivity index (χ4v) is 4.14. The summed E-state index contributed by atoms with van der Waals surface area (Å²) >= 11 is 0. The lowest BCUT2D eigenvalue weighted by atomic mass is 9.96. The molecule has 0 N–H and O–H groups in total. The zero-order valence-corrected chi connectivity index (χ0v) is 19.3. The van der Waals surface area contributed by atoms with Crippen LogP contribution in [0.1, 0.15) is 155 Å². The van der Waals surface area contributed by atoms with Gasteiger partial charge in [-0.3, -0.25) is 0 Å². The zero-order chi connectivity index (χ0) is 19.8. The minimum Gasteiger partial charge on any atom is -0.0625 e. The van der Waals surface area contributed by atoms with Crippen LogP contribution < -0.4 is 0 Å². The lowest BCUT2D eigenvalue weighted by molar-refractivity contribution is 0.431. The van der Waals surface area contributed by atoms with E-state index in [1.54, 1.807) is 0 Å². The maximum absolute atomic E-state index is 3.92. The van der Waals surface area contributed by atoms with E-state index in [9.17, 15) is 0 Å². The fourth-order valence-electron chi connectivity index (χ4n) is 4.14. The Balaban J connectivity index is 3.09. The van der Waals surface area contributed by atoms with Crippen LogP contribution in [0.5, 0.6) is 0 Å². The number of hydrogen-bond donors (Lipinski definition) is 0. The lowest BCUT2D eigenvalue weighted by Crippen LogP contribution is -1.95. The van der Waals surface area contributed by atoms with Gasteiger partial charge in [-0.2, -0.15) is 0 Å². The summed E-state index contributed by atoms with van der Waals surface area (Å²) in [6.07, 6.45) is 32.6. The molecule has 0 saturated carbocycles. The normalized spacial score (nSPS) is 12.6. The molecule has 0 nitrogen and oxygen atoms in total. The molecule has 0 aromatic rings. The SMILES string of the molecule is [CH2]CCCCCCCCCCCCCCCCC(C)CCCCCCC[CH2]. The van der Waals surface area contributed by atoms with Crippen molar-refractivity contribution in [3.05, 3.63) is 13.8 Å². The van der Waals surface area contributed by atoms with Crippen molar-refractivity contribution in [2.45, 2.75) is 155 Å². The van der Waals surface area contributed by atoms with E-state index in [-0.39, 0.29) is 0 Å². The Kier molecular flexibility index (Phi) is 24.0. The van der Waals surface area contributed by atoms with Crippen molar-refractivity contribution >= 4 is 0 Å². The number of unbranched alkanes of at least 4 members (excludes halogenated alkanes) is 19. The molecule has 0 heterocycles. The average Bonchev–Trinajstić information content (AvgIpc) is 2.67. The van der Waals surface area contributed by atoms with E-state index < -0.39 is 0 Å². The first-order chi connectivity index (χ1) is 13.3.